The molecule has 1 N–H and O–H groups in total. The molecule has 214 valence electrons. The third kappa shape index (κ3) is 4.24. The number of hydrogen-bond donors (Lipinski definition) is 1. The van der Waals surface area contributed by atoms with Crippen LogP contribution in [0.4, 0.5) is 0 Å². The van der Waals surface area contributed by atoms with Crippen molar-refractivity contribution in [1.29, 1.82) is 0 Å². The largest absolute Gasteiger partial charge is 1.00 e. The van der Waals surface area contributed by atoms with Crippen molar-refractivity contribution in [3.05, 3.63) is 42.2 Å². The van der Waals surface area contributed by atoms with E-state index in [-0.39, 0.29) is 40.8 Å². The molecule has 4 aliphatic carbocycles. The molecule has 6 heteroatoms. The molecule has 1 heterocycles. The first-order valence-electron chi connectivity index (χ1n) is 15.1. The van der Waals surface area contributed by atoms with Gasteiger partial charge in [0.1, 0.15) is 0 Å². The van der Waals surface area contributed by atoms with E-state index in [1.807, 2.05) is 0 Å². The van der Waals surface area contributed by atoms with Gasteiger partial charge in [-0.1, -0.05) is 39.0 Å². The average molecular weight is 647 g/mol. The maximum absolute atomic E-state index is 13.8. The molecule has 0 saturated heterocycles. The maximum atomic E-state index is 13.8. The monoisotopic (exact) mass is 646 g/mol. The molecule has 6 rings (SSSR count). The molecule has 2 bridgehead atoms. The van der Waals surface area contributed by atoms with Crippen molar-refractivity contribution in [3.8, 4) is 0 Å². The first-order chi connectivity index (χ1) is 18.1. The third-order valence-corrected chi connectivity index (χ3v) is 11.9. The van der Waals surface area contributed by atoms with Gasteiger partial charge < -0.3 is 33.8 Å². The fourth-order valence-electron chi connectivity index (χ4n) is 10.3. The Kier molecular flexibility index (Phi) is 7.57. The van der Waals surface area contributed by atoms with Gasteiger partial charge in [0.15, 0.2) is 11.0 Å². The highest BCUT2D eigenvalue weighted by Crippen LogP contribution is 2.72. The number of carbonyl (C=O) groups is 1. The summed E-state index contributed by atoms with van der Waals surface area (Å²) in [4.78, 5) is 13.8. The van der Waals surface area contributed by atoms with Crippen LogP contribution in [0.5, 0.6) is 0 Å². The molecule has 5 nitrogen and oxygen atoms in total. The van der Waals surface area contributed by atoms with Gasteiger partial charge in [-0.2, -0.15) is 0 Å². The Morgan fingerprint density at radius 2 is 1.90 bits per heavy atom. The molecule has 2 aromatic rings. The van der Waals surface area contributed by atoms with E-state index < -0.39 is 11.0 Å². The van der Waals surface area contributed by atoms with Crippen LogP contribution in [-0.2, 0) is 29.5 Å². The molecule has 1 aromatic heterocycles. The van der Waals surface area contributed by atoms with E-state index in [2.05, 4.69) is 67.8 Å². The second-order valence-electron chi connectivity index (χ2n) is 13.8. The molecule has 0 aliphatic heterocycles. The lowest BCUT2D eigenvalue weighted by molar-refractivity contribution is -0.653. The summed E-state index contributed by atoms with van der Waals surface area (Å²) in [6.45, 7) is 12.5. The summed E-state index contributed by atoms with van der Waals surface area (Å²) in [6.07, 6.45) is 10.9. The van der Waals surface area contributed by atoms with Crippen LogP contribution >= 0.6 is 0 Å². The van der Waals surface area contributed by atoms with Crippen LogP contribution in [0.15, 0.2) is 36.4 Å². The number of imidazole rings is 1. The zero-order valence-corrected chi connectivity index (χ0v) is 26.6. The number of aromatic nitrogens is 2. The molecule has 1 aromatic carbocycles. The zero-order valence-electron chi connectivity index (χ0n) is 24.4. The minimum absolute atomic E-state index is 0. The molecule has 6 atom stereocenters. The summed E-state index contributed by atoms with van der Waals surface area (Å²) < 4.78 is 10.8. The minimum atomic E-state index is -0.643. The Bertz CT molecular complexity index is 1290. The minimum Gasteiger partial charge on any atom is -1.00 e. The molecule has 0 unspecified atom stereocenters. The highest BCUT2D eigenvalue weighted by molar-refractivity contribution is 5.77. The fraction of sp³-hybridized carbons (Fsp3) is 0.697. The highest BCUT2D eigenvalue weighted by Gasteiger charge is 2.67. The average Bonchev–Trinajstić information content (AvgIpc) is 3.26. The van der Waals surface area contributed by atoms with Gasteiger partial charge in [0.25, 0.3) is 5.82 Å². The summed E-state index contributed by atoms with van der Waals surface area (Å²) in [5, 5.41) is 11.2. The summed E-state index contributed by atoms with van der Waals surface area (Å²) in [6, 6.07) is 8.55. The number of carbonyl (C=O) groups excluding carboxylic acids is 1. The van der Waals surface area contributed by atoms with Gasteiger partial charge in [0.05, 0.1) is 31.2 Å². The van der Waals surface area contributed by atoms with Crippen LogP contribution in [0, 0.1) is 28.1 Å². The third-order valence-electron chi connectivity index (χ3n) is 11.9. The smallest absolute Gasteiger partial charge is 0.312 e. The first-order valence-corrected chi connectivity index (χ1v) is 15.1. The van der Waals surface area contributed by atoms with E-state index in [0.29, 0.717) is 18.4 Å². The number of hydrogen-bond acceptors (Lipinski definition) is 3. The lowest BCUT2D eigenvalue weighted by Gasteiger charge is -2.63. The van der Waals surface area contributed by atoms with E-state index in [0.717, 1.165) is 76.3 Å². The molecular formula is C33H47IN2O3. The van der Waals surface area contributed by atoms with Gasteiger partial charge in [0, 0.05) is 12.8 Å². The normalized spacial score (nSPS) is 37.2. The van der Waals surface area contributed by atoms with Gasteiger partial charge >= 0.3 is 5.97 Å². The molecule has 0 amide bonds. The van der Waals surface area contributed by atoms with E-state index in [1.54, 1.807) is 0 Å². The van der Waals surface area contributed by atoms with Gasteiger partial charge in [-0.3, -0.25) is 4.79 Å². The molecule has 1 spiro atoms. The van der Waals surface area contributed by atoms with Crippen LogP contribution in [0.2, 0.25) is 0 Å². The lowest BCUT2D eigenvalue weighted by atomic mass is 9.41. The number of benzene rings is 1. The van der Waals surface area contributed by atoms with Crippen molar-refractivity contribution in [2.75, 3.05) is 6.61 Å². The molecule has 39 heavy (non-hydrogen) atoms. The Labute approximate surface area is 251 Å². The van der Waals surface area contributed by atoms with Crippen molar-refractivity contribution in [1.82, 2.24) is 4.57 Å². The van der Waals surface area contributed by atoms with Crippen LogP contribution < -0.4 is 28.5 Å². The van der Waals surface area contributed by atoms with E-state index in [4.69, 9.17) is 4.74 Å². The Hall–Kier alpha value is -1.41. The Morgan fingerprint density at radius 1 is 1.15 bits per heavy atom. The van der Waals surface area contributed by atoms with Crippen LogP contribution in [-0.4, -0.2) is 27.9 Å². The first kappa shape index (κ1) is 29.1. The predicted molar refractivity (Wildman–Crippen MR) is 149 cm³/mol. The second-order valence-corrected chi connectivity index (χ2v) is 13.8. The number of esters is 1. The van der Waals surface area contributed by atoms with Gasteiger partial charge in [-0.15, -0.1) is 0 Å². The van der Waals surface area contributed by atoms with Crippen molar-refractivity contribution in [2.45, 2.75) is 104 Å². The summed E-state index contributed by atoms with van der Waals surface area (Å²) in [5.41, 5.74) is 2.82. The SMILES string of the molecule is C=C1C[C@@]23CC[C@H]4[C@@](C)(CCC[C@@]4(C)C(=O)OCCCn4c(CC)[n+](C)c5ccccc54)[C@@H]2CC[C@]1(O)C3.[I-]. The topological polar surface area (TPSA) is 55.3 Å². The fourth-order valence-corrected chi connectivity index (χ4v) is 10.3. The molecular weight excluding hydrogens is 599 g/mol. The van der Waals surface area contributed by atoms with Crippen LogP contribution in [0.1, 0.15) is 90.8 Å². The Balaban J connectivity index is 0.00000308. The molecule has 0 radical (unpaired) electrons. The number of halogens is 1. The van der Waals surface area contributed by atoms with E-state index >= 15 is 0 Å². The summed E-state index contributed by atoms with van der Waals surface area (Å²) >= 11 is 0. The van der Waals surface area contributed by atoms with Crippen molar-refractivity contribution < 1.29 is 43.2 Å². The number of aliphatic hydroxyl groups is 1. The summed E-state index contributed by atoms with van der Waals surface area (Å²) in [5.74, 6) is 2.24. The standard InChI is InChI=1S/C33H47N2O3.HI/c1-6-28-34(5)24-11-7-8-12-25(24)35(28)19-10-20-38-29(36)31(4)16-9-15-30(3)26(31)13-17-32-21-23(2)33(37,22-32)18-14-27(30)32;/h7-8,11-12,26-27,37H,2,6,9-10,13-22H2,1,3-5H3;1H/q+1;/p-1/t26-,27-,30+,31+,32+,33-;/m0./s1. The van der Waals surface area contributed by atoms with Gasteiger partial charge in [-0.05, 0) is 98.7 Å². The highest BCUT2D eigenvalue weighted by atomic mass is 127. The second kappa shape index (κ2) is 10.1. The number of aryl methyl sites for hydroxylation is 2. The van der Waals surface area contributed by atoms with Crippen LogP contribution in [0.25, 0.3) is 11.0 Å². The number of para-hydroxylation sites is 2. The number of rotatable bonds is 6. The van der Waals surface area contributed by atoms with Crippen molar-refractivity contribution in [3.63, 3.8) is 0 Å². The maximum Gasteiger partial charge on any atom is 0.312 e. The molecule has 4 saturated carbocycles. The lowest BCUT2D eigenvalue weighted by Crippen LogP contribution is -3.00. The van der Waals surface area contributed by atoms with E-state index in [9.17, 15) is 9.90 Å². The number of fused-ring (bicyclic) bond motifs is 4. The van der Waals surface area contributed by atoms with Crippen molar-refractivity contribution >= 4 is 17.0 Å². The molecule has 4 fully saturated rings. The predicted octanol–water partition coefficient (Wildman–Crippen LogP) is 3.05. The zero-order chi connectivity index (χ0) is 26.9. The van der Waals surface area contributed by atoms with E-state index in [1.165, 1.54) is 23.3 Å². The number of ether oxygens (including phenoxy) is 1. The van der Waals surface area contributed by atoms with Crippen molar-refractivity contribution in [2.24, 2.45) is 35.1 Å². The quantitative estimate of drug-likeness (QED) is 0.173. The van der Waals surface area contributed by atoms with Crippen LogP contribution in [0.3, 0.4) is 0 Å². The summed E-state index contributed by atoms with van der Waals surface area (Å²) in [7, 11) is 2.14. The van der Waals surface area contributed by atoms with Gasteiger partial charge in [-0.25, -0.2) is 9.13 Å². The van der Waals surface area contributed by atoms with Gasteiger partial charge in [0.2, 0.25) is 0 Å². The number of nitrogens with zero attached hydrogens (tertiary/aromatic N) is 2. The molecule has 4 aliphatic rings. The Morgan fingerprint density at radius 3 is 2.67 bits per heavy atom.